The van der Waals surface area contributed by atoms with Crippen LogP contribution in [0.15, 0.2) is 59.6 Å². The number of nitrogens with one attached hydrogen (secondary N) is 1. The number of alkyl halides is 3. The molecule has 1 aliphatic heterocycles. The SMILES string of the molecule is Cc1ccc(Nc2ccc(N3CCN(S(=O)(=O)c4ccccc4OC(F)(F)F)CC3)nn2)nc1. The lowest BCUT2D eigenvalue weighted by Crippen LogP contribution is -2.49. The highest BCUT2D eigenvalue weighted by Gasteiger charge is 2.36. The van der Waals surface area contributed by atoms with Gasteiger partial charge < -0.3 is 15.0 Å². The van der Waals surface area contributed by atoms with Crippen LogP contribution in [-0.2, 0) is 10.0 Å². The van der Waals surface area contributed by atoms with Crippen molar-refractivity contribution in [3.8, 4) is 5.75 Å². The maximum Gasteiger partial charge on any atom is 0.573 e. The van der Waals surface area contributed by atoms with Crippen LogP contribution >= 0.6 is 0 Å². The van der Waals surface area contributed by atoms with Crippen LogP contribution in [0, 0.1) is 6.92 Å². The van der Waals surface area contributed by atoms with E-state index in [4.69, 9.17) is 0 Å². The molecule has 9 nitrogen and oxygen atoms in total. The molecule has 180 valence electrons. The summed E-state index contributed by atoms with van der Waals surface area (Å²) in [7, 11) is -4.19. The average Bonchev–Trinajstić information content (AvgIpc) is 2.80. The number of aryl methyl sites for hydroxylation is 1. The summed E-state index contributed by atoms with van der Waals surface area (Å²) in [6, 6.07) is 11.9. The number of piperazine rings is 1. The molecule has 0 bridgehead atoms. The minimum absolute atomic E-state index is 0.0671. The molecule has 0 spiro atoms. The van der Waals surface area contributed by atoms with Gasteiger partial charge in [0.25, 0.3) is 0 Å². The van der Waals surface area contributed by atoms with E-state index in [1.807, 2.05) is 24.0 Å². The summed E-state index contributed by atoms with van der Waals surface area (Å²) >= 11 is 0. The van der Waals surface area contributed by atoms with Crippen LogP contribution in [0.25, 0.3) is 0 Å². The van der Waals surface area contributed by atoms with E-state index < -0.39 is 27.0 Å². The van der Waals surface area contributed by atoms with Gasteiger partial charge >= 0.3 is 6.36 Å². The second-order valence-corrected chi connectivity index (χ2v) is 9.41. The number of aromatic nitrogens is 3. The summed E-state index contributed by atoms with van der Waals surface area (Å²) in [6.07, 6.45) is -3.27. The molecule has 2 aromatic heterocycles. The van der Waals surface area contributed by atoms with Crippen molar-refractivity contribution in [3.63, 3.8) is 0 Å². The van der Waals surface area contributed by atoms with Crippen LogP contribution in [0.5, 0.6) is 5.75 Å². The van der Waals surface area contributed by atoms with Gasteiger partial charge in [-0.25, -0.2) is 13.4 Å². The number of pyridine rings is 1. The van der Waals surface area contributed by atoms with E-state index in [-0.39, 0.29) is 13.1 Å². The molecule has 1 fully saturated rings. The minimum atomic E-state index is -5.00. The molecule has 1 N–H and O–H groups in total. The van der Waals surface area contributed by atoms with Crippen molar-refractivity contribution in [1.29, 1.82) is 0 Å². The molecule has 1 aromatic carbocycles. The number of halogens is 3. The van der Waals surface area contributed by atoms with Crippen molar-refractivity contribution in [3.05, 3.63) is 60.3 Å². The summed E-state index contributed by atoms with van der Waals surface area (Å²) in [5.74, 6) is 0.929. The summed E-state index contributed by atoms with van der Waals surface area (Å²) in [4.78, 5) is 5.57. The molecule has 34 heavy (non-hydrogen) atoms. The van der Waals surface area contributed by atoms with E-state index in [1.54, 1.807) is 18.3 Å². The van der Waals surface area contributed by atoms with Crippen LogP contribution in [0.2, 0.25) is 0 Å². The molecule has 0 radical (unpaired) electrons. The summed E-state index contributed by atoms with van der Waals surface area (Å²) in [5, 5.41) is 11.4. The Morgan fingerprint density at radius 1 is 0.941 bits per heavy atom. The second kappa shape index (κ2) is 9.43. The molecule has 1 aliphatic rings. The van der Waals surface area contributed by atoms with Crippen LogP contribution in [0.4, 0.5) is 30.6 Å². The van der Waals surface area contributed by atoms with Gasteiger partial charge in [-0.3, -0.25) is 0 Å². The smallest absolute Gasteiger partial charge is 0.404 e. The molecule has 0 aliphatic carbocycles. The normalized spacial score (nSPS) is 15.2. The maximum atomic E-state index is 13.0. The lowest BCUT2D eigenvalue weighted by atomic mass is 10.3. The van der Waals surface area contributed by atoms with Crippen molar-refractivity contribution in [2.75, 3.05) is 36.4 Å². The molecular formula is C21H21F3N6O3S. The van der Waals surface area contributed by atoms with Gasteiger partial charge in [0, 0.05) is 32.4 Å². The maximum absolute atomic E-state index is 13.0. The van der Waals surface area contributed by atoms with E-state index >= 15 is 0 Å². The number of ether oxygens (including phenoxy) is 1. The highest BCUT2D eigenvalue weighted by atomic mass is 32.2. The lowest BCUT2D eigenvalue weighted by molar-refractivity contribution is -0.275. The Morgan fingerprint density at radius 2 is 1.65 bits per heavy atom. The predicted octanol–water partition coefficient (Wildman–Crippen LogP) is 3.33. The minimum Gasteiger partial charge on any atom is -0.404 e. The van der Waals surface area contributed by atoms with Gasteiger partial charge in [-0.05, 0) is 42.8 Å². The fourth-order valence-electron chi connectivity index (χ4n) is 3.40. The largest absolute Gasteiger partial charge is 0.573 e. The third-order valence-electron chi connectivity index (χ3n) is 5.07. The zero-order chi connectivity index (χ0) is 24.3. The van der Waals surface area contributed by atoms with Gasteiger partial charge in [0.1, 0.15) is 16.5 Å². The zero-order valence-corrected chi connectivity index (χ0v) is 18.8. The van der Waals surface area contributed by atoms with Crippen molar-refractivity contribution < 1.29 is 26.3 Å². The second-order valence-electron chi connectivity index (χ2n) is 7.51. The standard InChI is InChI=1S/C21H21F3N6O3S/c1-15-6-7-18(25-14-15)26-19-8-9-20(28-27-19)29-10-12-30(13-11-29)34(31,32)17-5-3-2-4-16(17)33-21(22,23)24/h2-9,14H,10-13H2,1H3,(H,25,26,27). The van der Waals surface area contributed by atoms with E-state index in [0.29, 0.717) is 30.5 Å². The van der Waals surface area contributed by atoms with Crippen LogP contribution in [0.3, 0.4) is 0 Å². The molecular weight excluding hydrogens is 473 g/mol. The Hall–Kier alpha value is -3.45. The molecule has 13 heteroatoms. The van der Waals surface area contributed by atoms with Gasteiger partial charge in [0.05, 0.1) is 0 Å². The van der Waals surface area contributed by atoms with Gasteiger partial charge in [0.15, 0.2) is 11.6 Å². The monoisotopic (exact) mass is 494 g/mol. The number of hydrogen-bond donors (Lipinski definition) is 1. The molecule has 1 saturated heterocycles. The number of rotatable bonds is 6. The highest BCUT2D eigenvalue weighted by molar-refractivity contribution is 7.89. The average molecular weight is 494 g/mol. The molecule has 0 saturated carbocycles. The first-order valence-electron chi connectivity index (χ1n) is 10.3. The van der Waals surface area contributed by atoms with Gasteiger partial charge in [-0.1, -0.05) is 18.2 Å². The number of sulfonamides is 1. The van der Waals surface area contributed by atoms with E-state index in [9.17, 15) is 21.6 Å². The first-order chi connectivity index (χ1) is 16.1. The molecule has 4 rings (SSSR count). The molecule has 3 aromatic rings. The van der Waals surface area contributed by atoms with Gasteiger partial charge in [-0.2, -0.15) is 4.31 Å². The Morgan fingerprint density at radius 3 is 2.26 bits per heavy atom. The van der Waals surface area contributed by atoms with Crippen LogP contribution in [0.1, 0.15) is 5.56 Å². The quantitative estimate of drug-likeness (QED) is 0.557. The topological polar surface area (TPSA) is 101 Å². The predicted molar refractivity (Wildman–Crippen MR) is 118 cm³/mol. The zero-order valence-electron chi connectivity index (χ0n) is 18.0. The van der Waals surface area contributed by atoms with Crippen molar-refractivity contribution in [2.45, 2.75) is 18.2 Å². The van der Waals surface area contributed by atoms with Crippen molar-refractivity contribution >= 4 is 27.5 Å². The van der Waals surface area contributed by atoms with Gasteiger partial charge in [0.2, 0.25) is 10.0 Å². The summed E-state index contributed by atoms with van der Waals surface area (Å²) in [6.45, 7) is 2.66. The van der Waals surface area contributed by atoms with Gasteiger partial charge in [-0.15, -0.1) is 23.4 Å². The van der Waals surface area contributed by atoms with E-state index in [1.165, 1.54) is 12.1 Å². The van der Waals surface area contributed by atoms with Crippen molar-refractivity contribution in [2.24, 2.45) is 0 Å². The number of benzene rings is 1. The Balaban J connectivity index is 1.41. The number of anilines is 3. The molecule has 3 heterocycles. The third-order valence-corrected chi connectivity index (χ3v) is 7.01. The lowest BCUT2D eigenvalue weighted by Gasteiger charge is -2.34. The molecule has 0 amide bonds. The summed E-state index contributed by atoms with van der Waals surface area (Å²) < 4.78 is 69.1. The molecule has 0 atom stereocenters. The summed E-state index contributed by atoms with van der Waals surface area (Å²) in [5.41, 5.74) is 1.03. The first-order valence-corrected chi connectivity index (χ1v) is 11.7. The Kier molecular flexibility index (Phi) is 6.57. The highest BCUT2D eigenvalue weighted by Crippen LogP contribution is 2.32. The molecule has 0 unspecified atom stereocenters. The fourth-order valence-corrected chi connectivity index (χ4v) is 4.94. The van der Waals surface area contributed by atoms with Crippen LogP contribution < -0.4 is 15.0 Å². The Bertz CT molecular complexity index is 1230. The van der Waals surface area contributed by atoms with Crippen LogP contribution in [-0.4, -0.2) is 60.4 Å². The first kappa shape index (κ1) is 23.7. The van der Waals surface area contributed by atoms with Crippen molar-refractivity contribution in [1.82, 2.24) is 19.5 Å². The third kappa shape index (κ3) is 5.54. The number of nitrogens with zero attached hydrogens (tertiary/aromatic N) is 5. The van der Waals surface area contributed by atoms with E-state index in [0.717, 1.165) is 22.0 Å². The number of para-hydroxylation sites is 1. The Labute approximate surface area is 194 Å². The fraction of sp³-hybridized carbons (Fsp3) is 0.286. The van der Waals surface area contributed by atoms with E-state index in [2.05, 4.69) is 25.2 Å². The number of hydrogen-bond acceptors (Lipinski definition) is 8.